The first kappa shape index (κ1) is 13.7. The fraction of sp³-hybridized carbons (Fsp3) is 0.278. The molecule has 0 bridgehead atoms. The van der Waals surface area contributed by atoms with Crippen LogP contribution in [0.5, 0.6) is 5.75 Å². The van der Waals surface area contributed by atoms with Crippen LogP contribution in [0.25, 0.3) is 10.8 Å². The van der Waals surface area contributed by atoms with E-state index in [1.807, 2.05) is 0 Å². The number of benzene rings is 2. The van der Waals surface area contributed by atoms with Crippen LogP contribution in [-0.4, -0.2) is 17.3 Å². The predicted octanol–water partition coefficient (Wildman–Crippen LogP) is 4.23. The molecule has 0 radical (unpaired) electrons. The van der Waals surface area contributed by atoms with Crippen molar-refractivity contribution in [3.05, 3.63) is 56.5 Å². The molecule has 1 N–H and O–H groups in total. The highest BCUT2D eigenvalue weighted by molar-refractivity contribution is 7.99. The van der Waals surface area contributed by atoms with Crippen LogP contribution in [0.4, 0.5) is 0 Å². The van der Waals surface area contributed by atoms with Gasteiger partial charge in [0, 0.05) is 27.5 Å². The van der Waals surface area contributed by atoms with Crippen molar-refractivity contribution in [1.29, 1.82) is 0 Å². The van der Waals surface area contributed by atoms with E-state index in [0.29, 0.717) is 6.61 Å². The Morgan fingerprint density at radius 2 is 2.13 bits per heavy atom. The van der Waals surface area contributed by atoms with Crippen molar-refractivity contribution in [3.63, 3.8) is 0 Å². The lowest BCUT2D eigenvalue weighted by atomic mass is 9.71. The zero-order chi connectivity index (χ0) is 15.6. The molecule has 3 nitrogen and oxygen atoms in total. The van der Waals surface area contributed by atoms with Gasteiger partial charge < -0.3 is 9.72 Å². The molecule has 3 aromatic rings. The first-order chi connectivity index (χ1) is 11.2. The topological polar surface area (TPSA) is 42.1 Å². The van der Waals surface area contributed by atoms with Gasteiger partial charge in [0.15, 0.2) is 0 Å². The van der Waals surface area contributed by atoms with Gasteiger partial charge >= 0.3 is 4.87 Å². The molecule has 5 heteroatoms. The first-order valence-electron chi connectivity index (χ1n) is 7.66. The smallest absolute Gasteiger partial charge is 0.305 e. The zero-order valence-corrected chi connectivity index (χ0v) is 14.2. The van der Waals surface area contributed by atoms with Crippen LogP contribution in [0.15, 0.2) is 46.2 Å². The molecule has 3 heterocycles. The zero-order valence-electron chi connectivity index (χ0n) is 12.6. The highest BCUT2D eigenvalue weighted by Crippen LogP contribution is 2.57. The Bertz CT molecular complexity index is 990. The molecular formula is C18H15NO2S2. The third-order valence-electron chi connectivity index (χ3n) is 4.92. The second-order valence-corrected chi connectivity index (χ2v) is 8.57. The van der Waals surface area contributed by atoms with Gasteiger partial charge in [0.2, 0.25) is 0 Å². The quantitative estimate of drug-likeness (QED) is 0.665. The summed E-state index contributed by atoms with van der Waals surface area (Å²) in [5.41, 5.74) is 1.26. The minimum Gasteiger partial charge on any atom is -0.493 e. The van der Waals surface area contributed by atoms with Crippen LogP contribution in [0.3, 0.4) is 0 Å². The van der Waals surface area contributed by atoms with E-state index in [-0.39, 0.29) is 16.2 Å². The maximum atomic E-state index is 11.9. The number of rotatable bonds is 0. The summed E-state index contributed by atoms with van der Waals surface area (Å²) < 4.78 is 6.13. The Balaban J connectivity index is 1.87. The van der Waals surface area contributed by atoms with Crippen molar-refractivity contribution in [2.24, 2.45) is 5.41 Å². The Hall–Kier alpha value is -1.72. The molecule has 0 aliphatic carbocycles. The number of thioether (sulfide) groups is 1. The SMILES string of the molecule is C[C@@]12COc3ccc4ccccc4c3[C@@H]1c1sc(=O)[nH]c1SC2. The molecule has 2 atom stereocenters. The molecule has 116 valence electrons. The highest BCUT2D eigenvalue weighted by Gasteiger charge is 2.47. The first-order valence-corrected chi connectivity index (χ1v) is 9.46. The summed E-state index contributed by atoms with van der Waals surface area (Å²) in [5.74, 6) is 2.14. The lowest BCUT2D eigenvalue weighted by molar-refractivity contribution is 0.138. The van der Waals surface area contributed by atoms with Gasteiger partial charge in [-0.1, -0.05) is 48.6 Å². The molecule has 1 aromatic heterocycles. The average molecular weight is 341 g/mol. The standard InChI is InChI=1S/C18H15NO2S2/c1-18-8-21-12-7-6-10-4-2-3-5-11(10)13(12)14(18)15-16(22-9-18)19-17(20)23-15/h2-7,14H,8-9H2,1H3,(H,19,20)/t14-,18+/m1/s1. The van der Waals surface area contributed by atoms with Gasteiger partial charge in [-0.25, -0.2) is 0 Å². The van der Waals surface area contributed by atoms with Crippen molar-refractivity contribution in [1.82, 2.24) is 4.98 Å². The van der Waals surface area contributed by atoms with Gasteiger partial charge in [-0.3, -0.25) is 4.79 Å². The largest absolute Gasteiger partial charge is 0.493 e. The fourth-order valence-corrected chi connectivity index (χ4v) is 6.34. The monoisotopic (exact) mass is 341 g/mol. The Morgan fingerprint density at radius 1 is 1.26 bits per heavy atom. The summed E-state index contributed by atoms with van der Waals surface area (Å²) in [4.78, 5) is 16.2. The van der Waals surface area contributed by atoms with Gasteiger partial charge in [-0.2, -0.15) is 0 Å². The summed E-state index contributed by atoms with van der Waals surface area (Å²) >= 11 is 3.11. The number of aromatic nitrogens is 1. The lowest BCUT2D eigenvalue weighted by Crippen LogP contribution is -2.40. The second kappa shape index (κ2) is 4.65. The minimum absolute atomic E-state index is 0.0138. The fourth-order valence-electron chi connectivity index (χ4n) is 3.81. The summed E-state index contributed by atoms with van der Waals surface area (Å²) in [5, 5.41) is 3.50. The van der Waals surface area contributed by atoms with Crippen LogP contribution in [0, 0.1) is 5.41 Å². The van der Waals surface area contributed by atoms with Gasteiger partial charge in [0.25, 0.3) is 0 Å². The molecular weight excluding hydrogens is 326 g/mol. The van der Waals surface area contributed by atoms with Crippen LogP contribution in [0.1, 0.15) is 23.3 Å². The number of fused-ring (bicyclic) bond motifs is 7. The lowest BCUT2D eigenvalue weighted by Gasteiger charge is -2.44. The van der Waals surface area contributed by atoms with Crippen molar-refractivity contribution in [3.8, 4) is 5.75 Å². The summed E-state index contributed by atoms with van der Waals surface area (Å²) in [7, 11) is 0. The number of H-pyrrole nitrogens is 1. The van der Waals surface area contributed by atoms with E-state index in [2.05, 4.69) is 48.3 Å². The van der Waals surface area contributed by atoms with E-state index in [0.717, 1.165) is 16.5 Å². The van der Waals surface area contributed by atoms with Gasteiger partial charge in [0.1, 0.15) is 5.75 Å². The Kier molecular flexibility index (Phi) is 2.77. The Morgan fingerprint density at radius 3 is 3.04 bits per heavy atom. The molecule has 2 aliphatic rings. The minimum atomic E-state index is 0.0138. The molecule has 5 rings (SSSR count). The number of aromatic amines is 1. The third-order valence-corrected chi connectivity index (χ3v) is 7.42. The van der Waals surface area contributed by atoms with Crippen LogP contribution >= 0.6 is 23.1 Å². The molecule has 23 heavy (non-hydrogen) atoms. The summed E-state index contributed by atoms with van der Waals surface area (Å²) in [6, 6.07) is 12.6. The van der Waals surface area contributed by atoms with E-state index in [1.165, 1.54) is 32.5 Å². The maximum Gasteiger partial charge on any atom is 0.305 e. The van der Waals surface area contributed by atoms with E-state index in [4.69, 9.17) is 4.74 Å². The van der Waals surface area contributed by atoms with E-state index in [1.54, 1.807) is 11.8 Å². The van der Waals surface area contributed by atoms with Crippen LogP contribution in [-0.2, 0) is 0 Å². The highest BCUT2D eigenvalue weighted by atomic mass is 32.2. The van der Waals surface area contributed by atoms with Crippen molar-refractivity contribution < 1.29 is 4.74 Å². The van der Waals surface area contributed by atoms with Gasteiger partial charge in [0.05, 0.1) is 11.6 Å². The molecule has 0 unspecified atom stereocenters. The van der Waals surface area contributed by atoms with Crippen molar-refractivity contribution >= 4 is 33.9 Å². The van der Waals surface area contributed by atoms with E-state index < -0.39 is 0 Å². The number of ether oxygens (including phenoxy) is 1. The number of hydrogen-bond acceptors (Lipinski definition) is 4. The van der Waals surface area contributed by atoms with Crippen LogP contribution < -0.4 is 9.61 Å². The number of thiazole rings is 1. The molecule has 0 saturated carbocycles. The molecule has 2 aliphatic heterocycles. The van der Waals surface area contributed by atoms with Gasteiger partial charge in [-0.15, -0.1) is 11.8 Å². The molecule has 0 spiro atoms. The predicted molar refractivity (Wildman–Crippen MR) is 95.1 cm³/mol. The van der Waals surface area contributed by atoms with Crippen molar-refractivity contribution in [2.75, 3.05) is 12.4 Å². The van der Waals surface area contributed by atoms with E-state index in [9.17, 15) is 4.79 Å². The third kappa shape index (κ3) is 1.86. The summed E-state index contributed by atoms with van der Waals surface area (Å²) in [6.45, 7) is 2.98. The molecule has 0 fully saturated rings. The second-order valence-electron chi connectivity index (χ2n) is 6.57. The normalized spacial score (nSPS) is 25.3. The summed E-state index contributed by atoms with van der Waals surface area (Å²) in [6.07, 6.45) is 0. The molecule has 2 aromatic carbocycles. The average Bonchev–Trinajstić information content (AvgIpc) is 2.94. The van der Waals surface area contributed by atoms with E-state index >= 15 is 0 Å². The molecule has 0 amide bonds. The van der Waals surface area contributed by atoms with Crippen LogP contribution in [0.2, 0.25) is 0 Å². The van der Waals surface area contributed by atoms with Crippen molar-refractivity contribution in [2.45, 2.75) is 17.9 Å². The maximum absolute atomic E-state index is 11.9. The molecule has 0 saturated heterocycles. The number of nitrogens with one attached hydrogen (secondary N) is 1. The Labute approximate surface area is 141 Å². The number of hydrogen-bond donors (Lipinski definition) is 1. The van der Waals surface area contributed by atoms with Gasteiger partial charge in [-0.05, 0) is 16.8 Å².